The van der Waals surface area contributed by atoms with Gasteiger partial charge in [0.05, 0.1) is 11.4 Å². The van der Waals surface area contributed by atoms with E-state index < -0.39 is 0 Å². The van der Waals surface area contributed by atoms with Crippen molar-refractivity contribution in [1.29, 1.82) is 0 Å². The minimum absolute atomic E-state index is 1.04. The lowest BCUT2D eigenvalue weighted by Gasteiger charge is -2.04. The van der Waals surface area contributed by atoms with Crippen molar-refractivity contribution < 1.29 is 0 Å². The van der Waals surface area contributed by atoms with Crippen LogP contribution in [-0.2, 0) is 7.05 Å². The molecule has 15 heavy (non-hydrogen) atoms. The van der Waals surface area contributed by atoms with Crippen LogP contribution in [0.2, 0.25) is 0 Å². The van der Waals surface area contributed by atoms with Crippen LogP contribution in [0.15, 0.2) is 18.3 Å². The third-order valence-electron chi connectivity index (χ3n) is 2.76. The number of aromatic nitrogens is 3. The van der Waals surface area contributed by atoms with E-state index in [2.05, 4.69) is 30.0 Å². The smallest absolute Gasteiger partial charge is 0.0768 e. The van der Waals surface area contributed by atoms with E-state index in [4.69, 9.17) is 0 Å². The van der Waals surface area contributed by atoms with Crippen LogP contribution in [0.3, 0.4) is 0 Å². The van der Waals surface area contributed by atoms with E-state index in [1.54, 1.807) is 0 Å². The maximum Gasteiger partial charge on any atom is 0.0768 e. The Kier molecular flexibility index (Phi) is 2.31. The first-order valence-electron chi connectivity index (χ1n) is 5.03. The van der Waals surface area contributed by atoms with Gasteiger partial charge in [-0.2, -0.15) is 5.10 Å². The summed E-state index contributed by atoms with van der Waals surface area (Å²) in [6.07, 6.45) is 1.83. The summed E-state index contributed by atoms with van der Waals surface area (Å²) in [5, 5.41) is 4.40. The maximum atomic E-state index is 4.43. The summed E-state index contributed by atoms with van der Waals surface area (Å²) in [5.41, 5.74) is 5.60. The molecule has 3 nitrogen and oxygen atoms in total. The summed E-state index contributed by atoms with van der Waals surface area (Å²) >= 11 is 0. The van der Waals surface area contributed by atoms with Crippen LogP contribution in [0.25, 0.3) is 11.3 Å². The molecule has 3 heteroatoms. The molecule has 2 aromatic heterocycles. The minimum Gasteiger partial charge on any atom is -0.272 e. The Labute approximate surface area is 89.8 Å². The van der Waals surface area contributed by atoms with E-state index in [0.29, 0.717) is 0 Å². The molecule has 0 bridgehead atoms. The van der Waals surface area contributed by atoms with Gasteiger partial charge in [0, 0.05) is 24.5 Å². The minimum atomic E-state index is 1.04. The Bertz CT molecular complexity index is 498. The largest absolute Gasteiger partial charge is 0.272 e. The fraction of sp³-hybridized carbons (Fsp3) is 0.333. The third-order valence-corrected chi connectivity index (χ3v) is 2.76. The van der Waals surface area contributed by atoms with Gasteiger partial charge in [0.25, 0.3) is 0 Å². The zero-order valence-electron chi connectivity index (χ0n) is 9.57. The number of hydrogen-bond donors (Lipinski definition) is 0. The Hall–Kier alpha value is -1.64. The van der Waals surface area contributed by atoms with Gasteiger partial charge < -0.3 is 0 Å². The van der Waals surface area contributed by atoms with Gasteiger partial charge in [-0.15, -0.1) is 0 Å². The summed E-state index contributed by atoms with van der Waals surface area (Å²) in [6.45, 7) is 6.17. The number of nitrogens with zero attached hydrogens (tertiary/aromatic N) is 3. The fourth-order valence-electron chi connectivity index (χ4n) is 1.86. The maximum absolute atomic E-state index is 4.43. The fourth-order valence-corrected chi connectivity index (χ4v) is 1.86. The van der Waals surface area contributed by atoms with Crippen molar-refractivity contribution in [2.24, 2.45) is 7.05 Å². The van der Waals surface area contributed by atoms with Gasteiger partial charge in [0.1, 0.15) is 0 Å². The zero-order valence-corrected chi connectivity index (χ0v) is 9.57. The number of aryl methyl sites for hydroxylation is 3. The second-order valence-corrected chi connectivity index (χ2v) is 3.84. The molecule has 2 aromatic rings. The van der Waals surface area contributed by atoms with Crippen LogP contribution in [0.4, 0.5) is 0 Å². The van der Waals surface area contributed by atoms with Crippen LogP contribution < -0.4 is 0 Å². The molecule has 0 amide bonds. The van der Waals surface area contributed by atoms with Crippen molar-refractivity contribution in [3.63, 3.8) is 0 Å². The van der Waals surface area contributed by atoms with Crippen LogP contribution in [-0.4, -0.2) is 14.8 Å². The zero-order chi connectivity index (χ0) is 11.0. The molecule has 0 N–H and O–H groups in total. The summed E-state index contributed by atoms with van der Waals surface area (Å²) in [7, 11) is 1.96. The van der Waals surface area contributed by atoms with Gasteiger partial charge in [0.15, 0.2) is 0 Å². The second kappa shape index (κ2) is 3.50. The van der Waals surface area contributed by atoms with Crippen LogP contribution in [0, 0.1) is 20.8 Å². The first-order valence-corrected chi connectivity index (χ1v) is 5.03. The molecule has 0 fully saturated rings. The van der Waals surface area contributed by atoms with Crippen molar-refractivity contribution >= 4 is 0 Å². The first kappa shape index (κ1) is 9.90. The van der Waals surface area contributed by atoms with Crippen LogP contribution >= 0.6 is 0 Å². The van der Waals surface area contributed by atoms with E-state index in [0.717, 1.165) is 22.6 Å². The van der Waals surface area contributed by atoms with E-state index in [9.17, 15) is 0 Å². The molecular weight excluding hydrogens is 186 g/mol. The molecule has 2 rings (SSSR count). The summed E-state index contributed by atoms with van der Waals surface area (Å²) in [4.78, 5) is 4.43. The second-order valence-electron chi connectivity index (χ2n) is 3.84. The molecule has 0 aliphatic rings. The van der Waals surface area contributed by atoms with Gasteiger partial charge in [0.2, 0.25) is 0 Å². The average Bonchev–Trinajstić information content (AvgIpc) is 2.43. The van der Waals surface area contributed by atoms with E-state index >= 15 is 0 Å². The number of rotatable bonds is 1. The standard InChI is InChI=1S/C12H15N3/c1-8-6-5-7-13-12(8)11-9(2)14-15(4)10(11)3/h5-7H,1-4H3. The van der Waals surface area contributed by atoms with Gasteiger partial charge in [-0.25, -0.2) is 0 Å². The van der Waals surface area contributed by atoms with Gasteiger partial charge in [-0.1, -0.05) is 6.07 Å². The molecule has 0 atom stereocenters. The molecule has 2 heterocycles. The number of hydrogen-bond acceptors (Lipinski definition) is 2. The van der Waals surface area contributed by atoms with Gasteiger partial charge in [-0.05, 0) is 32.4 Å². The van der Waals surface area contributed by atoms with Gasteiger partial charge in [-0.3, -0.25) is 9.67 Å². The number of pyridine rings is 1. The molecule has 78 valence electrons. The average molecular weight is 201 g/mol. The highest BCUT2D eigenvalue weighted by atomic mass is 15.3. The third kappa shape index (κ3) is 1.54. The Morgan fingerprint density at radius 1 is 1.20 bits per heavy atom. The Morgan fingerprint density at radius 3 is 2.47 bits per heavy atom. The molecular formula is C12H15N3. The predicted octanol–water partition coefficient (Wildman–Crippen LogP) is 2.41. The van der Waals surface area contributed by atoms with E-state index in [1.165, 1.54) is 5.56 Å². The monoisotopic (exact) mass is 201 g/mol. The Balaban J connectivity index is 2.69. The molecule has 0 saturated carbocycles. The lowest BCUT2D eigenvalue weighted by molar-refractivity contribution is 0.731. The molecule has 0 radical (unpaired) electrons. The predicted molar refractivity (Wildman–Crippen MR) is 60.7 cm³/mol. The highest BCUT2D eigenvalue weighted by molar-refractivity contribution is 5.67. The SMILES string of the molecule is Cc1cccnc1-c1c(C)nn(C)c1C. The van der Waals surface area contributed by atoms with E-state index in [-0.39, 0.29) is 0 Å². The van der Waals surface area contributed by atoms with Crippen molar-refractivity contribution in [2.75, 3.05) is 0 Å². The van der Waals surface area contributed by atoms with E-state index in [1.807, 2.05) is 30.9 Å². The topological polar surface area (TPSA) is 30.7 Å². The lowest BCUT2D eigenvalue weighted by atomic mass is 10.1. The van der Waals surface area contributed by atoms with Crippen molar-refractivity contribution in [1.82, 2.24) is 14.8 Å². The van der Waals surface area contributed by atoms with Crippen molar-refractivity contribution in [3.8, 4) is 11.3 Å². The molecule has 0 aliphatic carbocycles. The molecule has 0 aromatic carbocycles. The van der Waals surface area contributed by atoms with Crippen molar-refractivity contribution in [2.45, 2.75) is 20.8 Å². The molecule has 0 aliphatic heterocycles. The molecule has 0 spiro atoms. The summed E-state index contributed by atoms with van der Waals surface area (Å²) in [5.74, 6) is 0. The highest BCUT2D eigenvalue weighted by Crippen LogP contribution is 2.26. The van der Waals surface area contributed by atoms with Crippen molar-refractivity contribution in [3.05, 3.63) is 35.3 Å². The normalized spacial score (nSPS) is 10.7. The Morgan fingerprint density at radius 2 is 1.93 bits per heavy atom. The summed E-state index contributed by atoms with van der Waals surface area (Å²) < 4.78 is 1.90. The quantitative estimate of drug-likeness (QED) is 0.709. The highest BCUT2D eigenvalue weighted by Gasteiger charge is 2.13. The molecule has 0 saturated heterocycles. The van der Waals surface area contributed by atoms with Crippen LogP contribution in [0.5, 0.6) is 0 Å². The summed E-state index contributed by atoms with van der Waals surface area (Å²) in [6, 6.07) is 4.04. The lowest BCUT2D eigenvalue weighted by Crippen LogP contribution is -1.94. The van der Waals surface area contributed by atoms with Crippen LogP contribution in [0.1, 0.15) is 17.0 Å². The molecule has 0 unspecified atom stereocenters. The van der Waals surface area contributed by atoms with Gasteiger partial charge >= 0.3 is 0 Å². The first-order chi connectivity index (χ1) is 7.11.